The van der Waals surface area contributed by atoms with Crippen LogP contribution in [0.15, 0.2) is 25.3 Å². The number of unbranched alkanes of at least 4 members (excludes halogenated alkanes) is 12. The Kier molecular flexibility index (Phi) is 26.5. The van der Waals surface area contributed by atoms with Crippen molar-refractivity contribution in [2.24, 2.45) is 5.92 Å². The Morgan fingerprint density at radius 1 is 0.640 bits per heavy atom. The number of hydrogen-bond donors (Lipinski definition) is 1. The van der Waals surface area contributed by atoms with Gasteiger partial charge >= 0.3 is 0 Å². The van der Waals surface area contributed by atoms with E-state index in [4.69, 9.17) is 0 Å². The maximum absolute atomic E-state index is 3.87. The zero-order valence-electron chi connectivity index (χ0n) is 17.1. The third kappa shape index (κ3) is 22.1. The molecule has 1 nitrogen and oxygen atoms in total. The largest absolute Gasteiger partial charge is 0.320 e. The normalized spacial score (nSPS) is 10.6. The van der Waals surface area contributed by atoms with Gasteiger partial charge < -0.3 is 5.32 Å². The molecule has 2 heteroatoms. The van der Waals surface area contributed by atoms with Crippen LogP contribution in [-0.4, -0.2) is 13.6 Å². The Hall–Kier alpha value is 0.170. The maximum Gasteiger partial charge on any atom is -0.00519 e. The summed E-state index contributed by atoms with van der Waals surface area (Å²) in [4.78, 5) is 0. The van der Waals surface area contributed by atoms with Crippen LogP contribution in [0.25, 0.3) is 0 Å². The number of hydrogen-bond acceptors (Lipinski definition) is 1. The van der Waals surface area contributed by atoms with Gasteiger partial charge in [-0.15, -0.1) is 37.1 Å². The molecule has 0 amide bonds. The molecule has 0 aromatic carbocycles. The molecule has 0 fully saturated rings. The van der Waals surface area contributed by atoms with Gasteiger partial charge in [0.15, 0.2) is 0 Å². The molecule has 0 heterocycles. The highest BCUT2D eigenvalue weighted by Gasteiger charge is 2.04. The van der Waals surface area contributed by atoms with Crippen LogP contribution >= 0.6 is 24.0 Å². The van der Waals surface area contributed by atoms with Gasteiger partial charge in [-0.25, -0.2) is 0 Å². The van der Waals surface area contributed by atoms with E-state index in [0.29, 0.717) is 0 Å². The highest BCUT2D eigenvalue weighted by molar-refractivity contribution is 14.0. The van der Waals surface area contributed by atoms with Gasteiger partial charge in [0, 0.05) is 0 Å². The molecule has 1 N–H and O–H groups in total. The van der Waals surface area contributed by atoms with Gasteiger partial charge in [-0.1, -0.05) is 89.2 Å². The fraction of sp³-hybridized carbons (Fsp3) is 0.826. The van der Waals surface area contributed by atoms with Crippen LogP contribution in [0.5, 0.6) is 0 Å². The molecule has 0 atom stereocenters. The highest BCUT2D eigenvalue weighted by Crippen LogP contribution is 2.19. The molecule has 0 aromatic rings. The van der Waals surface area contributed by atoms with Gasteiger partial charge in [0.1, 0.15) is 0 Å². The summed E-state index contributed by atoms with van der Waals surface area (Å²) >= 11 is 0. The van der Waals surface area contributed by atoms with E-state index in [-0.39, 0.29) is 24.0 Å². The number of allylic oxidation sites excluding steroid dienone is 2. The summed E-state index contributed by atoms with van der Waals surface area (Å²) in [5.74, 6) is 0.790. The highest BCUT2D eigenvalue weighted by atomic mass is 127. The SMILES string of the molecule is C=CCC(CC=C)CCCCCCCCCCCCCCCNC.I. The molecule has 150 valence electrons. The minimum absolute atomic E-state index is 0. The Labute approximate surface area is 176 Å². The Morgan fingerprint density at radius 2 is 1.00 bits per heavy atom. The van der Waals surface area contributed by atoms with Gasteiger partial charge in [-0.05, 0) is 45.2 Å². The van der Waals surface area contributed by atoms with E-state index in [0.717, 1.165) is 18.8 Å². The van der Waals surface area contributed by atoms with Crippen molar-refractivity contribution in [3.8, 4) is 0 Å². The first kappa shape index (κ1) is 27.4. The summed E-state index contributed by atoms with van der Waals surface area (Å²) in [5.41, 5.74) is 0. The molecular weight excluding hydrogens is 417 g/mol. The van der Waals surface area contributed by atoms with E-state index in [2.05, 4.69) is 30.6 Å². The van der Waals surface area contributed by atoms with E-state index in [1.54, 1.807) is 0 Å². The molecule has 0 spiro atoms. The van der Waals surface area contributed by atoms with Gasteiger partial charge in [0.05, 0.1) is 0 Å². The smallest absolute Gasteiger partial charge is 0.00519 e. The quantitative estimate of drug-likeness (QED) is 0.109. The molecule has 0 radical (unpaired) electrons. The molecular formula is C23H46IN. The van der Waals surface area contributed by atoms with E-state index in [1.807, 2.05) is 7.05 Å². The summed E-state index contributed by atoms with van der Waals surface area (Å²) in [6.45, 7) is 8.92. The van der Waals surface area contributed by atoms with E-state index in [1.165, 1.54) is 96.4 Å². The van der Waals surface area contributed by atoms with Gasteiger partial charge in [0.25, 0.3) is 0 Å². The first-order valence-electron chi connectivity index (χ1n) is 10.7. The third-order valence-electron chi connectivity index (χ3n) is 5.04. The van der Waals surface area contributed by atoms with E-state index in [9.17, 15) is 0 Å². The first-order valence-corrected chi connectivity index (χ1v) is 10.7. The lowest BCUT2D eigenvalue weighted by atomic mass is 9.94. The molecule has 0 aliphatic heterocycles. The molecule has 0 rings (SSSR count). The molecule has 0 aromatic heterocycles. The summed E-state index contributed by atoms with van der Waals surface area (Å²) in [6.07, 6.45) is 26.4. The van der Waals surface area contributed by atoms with Crippen molar-refractivity contribution in [2.45, 2.75) is 103 Å². The molecule has 0 unspecified atom stereocenters. The maximum atomic E-state index is 3.87. The van der Waals surface area contributed by atoms with E-state index < -0.39 is 0 Å². The fourth-order valence-electron chi connectivity index (χ4n) is 3.48. The van der Waals surface area contributed by atoms with Crippen LogP contribution in [0.1, 0.15) is 103 Å². The molecule has 0 bridgehead atoms. The molecule has 0 aliphatic carbocycles. The zero-order valence-corrected chi connectivity index (χ0v) is 19.4. The minimum atomic E-state index is 0. The first-order chi connectivity index (χ1) is 11.8. The average molecular weight is 464 g/mol. The zero-order chi connectivity index (χ0) is 17.7. The lowest BCUT2D eigenvalue weighted by Gasteiger charge is -2.12. The average Bonchev–Trinajstić information content (AvgIpc) is 2.58. The summed E-state index contributed by atoms with van der Waals surface area (Å²) < 4.78 is 0. The fourth-order valence-corrected chi connectivity index (χ4v) is 3.48. The van der Waals surface area contributed by atoms with Gasteiger partial charge in [-0.2, -0.15) is 0 Å². The third-order valence-corrected chi connectivity index (χ3v) is 5.04. The van der Waals surface area contributed by atoms with Crippen LogP contribution in [0.2, 0.25) is 0 Å². The van der Waals surface area contributed by atoms with Gasteiger partial charge in [0.2, 0.25) is 0 Å². The Bertz CT molecular complexity index is 255. The van der Waals surface area contributed by atoms with Gasteiger partial charge in [-0.3, -0.25) is 0 Å². The van der Waals surface area contributed by atoms with Crippen molar-refractivity contribution in [1.29, 1.82) is 0 Å². The number of halogens is 1. The second-order valence-corrected chi connectivity index (χ2v) is 7.40. The second kappa shape index (κ2) is 24.2. The lowest BCUT2D eigenvalue weighted by molar-refractivity contribution is 0.456. The molecule has 0 saturated carbocycles. The van der Waals surface area contributed by atoms with Crippen LogP contribution in [0.4, 0.5) is 0 Å². The number of nitrogens with one attached hydrogen (secondary N) is 1. The van der Waals surface area contributed by atoms with Crippen molar-refractivity contribution < 1.29 is 0 Å². The molecule has 0 saturated heterocycles. The van der Waals surface area contributed by atoms with Crippen LogP contribution in [0, 0.1) is 5.92 Å². The Balaban J connectivity index is 0. The number of rotatable bonds is 20. The van der Waals surface area contributed by atoms with Crippen LogP contribution in [-0.2, 0) is 0 Å². The standard InChI is InChI=1S/C23H45N.HI/c1-4-19-23(20-5-2)21-17-15-13-11-9-7-6-8-10-12-14-16-18-22-24-3;/h4-5,23-24H,1-2,6-22H2,3H3;1H. The minimum Gasteiger partial charge on any atom is -0.320 e. The van der Waals surface area contributed by atoms with Crippen molar-refractivity contribution in [2.75, 3.05) is 13.6 Å². The Morgan fingerprint density at radius 3 is 1.36 bits per heavy atom. The molecule has 25 heavy (non-hydrogen) atoms. The van der Waals surface area contributed by atoms with Crippen molar-refractivity contribution in [3.05, 3.63) is 25.3 Å². The summed E-state index contributed by atoms with van der Waals surface area (Å²) in [7, 11) is 2.04. The topological polar surface area (TPSA) is 12.0 Å². The van der Waals surface area contributed by atoms with Crippen LogP contribution < -0.4 is 5.32 Å². The lowest BCUT2D eigenvalue weighted by Crippen LogP contribution is -2.06. The van der Waals surface area contributed by atoms with Crippen molar-refractivity contribution >= 4 is 24.0 Å². The van der Waals surface area contributed by atoms with Crippen molar-refractivity contribution in [1.82, 2.24) is 5.32 Å². The second-order valence-electron chi connectivity index (χ2n) is 7.40. The molecule has 0 aliphatic rings. The predicted molar refractivity (Wildman–Crippen MR) is 127 cm³/mol. The summed E-state index contributed by atoms with van der Waals surface area (Å²) in [5, 5.41) is 3.22. The van der Waals surface area contributed by atoms with E-state index >= 15 is 0 Å². The van der Waals surface area contributed by atoms with Crippen LogP contribution in [0.3, 0.4) is 0 Å². The summed E-state index contributed by atoms with van der Waals surface area (Å²) in [6, 6.07) is 0. The predicted octanol–water partition coefficient (Wildman–Crippen LogP) is 8.05. The van der Waals surface area contributed by atoms with Crippen molar-refractivity contribution in [3.63, 3.8) is 0 Å². The monoisotopic (exact) mass is 463 g/mol.